The van der Waals surface area contributed by atoms with E-state index >= 15 is 0 Å². The molecule has 32 heteroatoms. The molecule has 0 bridgehead atoms. The number of hydrogen-bond donors (Lipinski definition) is 4. The summed E-state index contributed by atoms with van der Waals surface area (Å²) < 4.78 is 28.9. The number of carbonyl (C=O) groups excluding carboxylic acids is 6. The molecule has 0 unspecified atom stereocenters. The number of guanidine groups is 1. The fraction of sp³-hybridized carbons (Fsp3) is 0.500. The molecule has 2 aromatic heterocycles. The second-order valence-electron chi connectivity index (χ2n) is 11.6. The first-order chi connectivity index (χ1) is 34.3. The third-order valence-electron chi connectivity index (χ3n) is 6.00. The zero-order valence-electron chi connectivity index (χ0n) is 43.3. The molecule has 0 amide bonds. The van der Waals surface area contributed by atoms with Gasteiger partial charge in [-0.25, -0.2) is 39.1 Å². The summed E-state index contributed by atoms with van der Waals surface area (Å²) >= 11 is 20.6. The van der Waals surface area contributed by atoms with Crippen molar-refractivity contribution in [1.82, 2.24) is 24.8 Å². The van der Waals surface area contributed by atoms with Gasteiger partial charge in [0.25, 0.3) is 5.78 Å². The molecule has 0 aliphatic rings. The number of esters is 4. The largest absolute Gasteiger partial charge is 0.502 e. The van der Waals surface area contributed by atoms with Gasteiger partial charge in [0.2, 0.25) is 5.95 Å². The van der Waals surface area contributed by atoms with Gasteiger partial charge in [-0.05, 0) is 49.1 Å². The van der Waals surface area contributed by atoms with Crippen molar-refractivity contribution in [3.05, 3.63) is 66.0 Å². The van der Waals surface area contributed by atoms with Crippen molar-refractivity contribution < 1.29 is 75.7 Å². The standard InChI is InChI=1S/C10H16O4.C8H11N3O2.C7H8N2O2S.C6H12O.C3H3ClO3.C3H9N3.C2H6N2S.CHI3.CH2I2.CH2I.V/c1-3-4-5-7-14-8-6-9(11)10(12)13-2;1-11(2)8-9-5-4-6(10-8)7(12)13-3;1-11-6(10)5-3-4-8-7(9-5)12-2;1-3-5-6-7-4-2;1-7-3(6)2(4)5;1-6(2)3(4)5;1-5-2(3)4;2-1(3)4;2-1-3;1-2;/h6,8H,3-5,7H2,1-2H3;4-5H,1-3H3;3-4H,1-2H3;4H,2-3,5-6H2,1H3;1H3;1-2H3,(H3,4,5);1H3,(H3,3,4);1H;1H2;1H2;/q;;;;;;;;;-1;/b8-6+;;;;;;;;;;. The molecule has 0 saturated heterocycles. The van der Waals surface area contributed by atoms with Crippen LogP contribution in [0.3, 0.4) is 0 Å². The van der Waals surface area contributed by atoms with Gasteiger partial charge < -0.3 is 72.3 Å². The molecular formula is C42H70ClI6N10O12S2V-. The number of ether oxygens (including phenoxy) is 6. The van der Waals surface area contributed by atoms with Crippen LogP contribution in [0.1, 0.15) is 66.9 Å². The van der Waals surface area contributed by atoms with Crippen LogP contribution in [0.5, 0.6) is 0 Å². The Hall–Kier alpha value is -1.05. The minimum Gasteiger partial charge on any atom is -0.502 e. The van der Waals surface area contributed by atoms with Crippen molar-refractivity contribution in [1.29, 1.82) is 10.8 Å². The second-order valence-corrected chi connectivity index (χ2v) is 28.9. The molecule has 0 atom stereocenters. The molecule has 0 aliphatic heterocycles. The SMILES string of the molecule is C=COCCCC.CCCCCO/C=C/C(=O)C(=O)OC.CN(C)C(=N)N.COC(=O)C(=O)Cl.COC(=O)c1ccnc(N(C)C)n1.COC(=O)c1ccnc(SC)n1.CSC(=N)N.IC(I)I.ICI.[CH2-]I.[V]. The van der Waals surface area contributed by atoms with Crippen LogP contribution in [0.2, 0.25) is 0 Å². The maximum absolute atomic E-state index is 11.1. The third kappa shape index (κ3) is 77.5. The number of thioether (sulfide) groups is 2. The number of nitrogens with zero attached hydrogens (tertiary/aromatic N) is 6. The number of methoxy groups -OCH3 is 4. The molecule has 2 rings (SSSR count). The Kier molecular flexibility index (Phi) is 89.8. The number of amidine groups is 1. The van der Waals surface area contributed by atoms with E-state index in [1.165, 1.54) is 88.5 Å². The van der Waals surface area contributed by atoms with E-state index in [1.807, 2.05) is 28.8 Å². The smallest absolute Gasteiger partial charge is 0.391 e. The van der Waals surface area contributed by atoms with Crippen LogP contribution in [-0.4, -0.2) is 156 Å². The number of nitrogens with one attached hydrogen (secondary N) is 2. The Balaban J connectivity index is -0.0000000946. The normalized spacial score (nSPS) is 8.55. The maximum Gasteiger partial charge on any atom is 0.391 e. The molecule has 2 aromatic rings. The van der Waals surface area contributed by atoms with E-state index in [0.717, 1.165) is 52.5 Å². The van der Waals surface area contributed by atoms with E-state index in [0.29, 0.717) is 17.7 Å². The average Bonchev–Trinajstić information content (AvgIpc) is 3.38. The molecule has 0 aromatic carbocycles. The van der Waals surface area contributed by atoms with Crippen molar-refractivity contribution in [3.8, 4) is 0 Å². The summed E-state index contributed by atoms with van der Waals surface area (Å²) in [6.07, 6.45) is 15.9. The molecular weight excluding hydrogens is 1750 g/mol. The summed E-state index contributed by atoms with van der Waals surface area (Å²) in [7, 11) is 11.9. The second kappa shape index (κ2) is 72.0. The van der Waals surface area contributed by atoms with E-state index in [1.54, 1.807) is 39.3 Å². The molecule has 427 valence electrons. The zero-order chi connectivity index (χ0) is 58.8. The number of hydrogen-bond acceptors (Lipinski definition) is 21. The number of aromatic nitrogens is 4. The molecule has 0 fully saturated rings. The van der Waals surface area contributed by atoms with Gasteiger partial charge in [-0.15, -0.1) is 0 Å². The molecule has 0 spiro atoms. The first-order valence-electron chi connectivity index (χ1n) is 20.0. The summed E-state index contributed by atoms with van der Waals surface area (Å²) in [4.78, 5) is 85.2. The molecule has 2 heterocycles. The van der Waals surface area contributed by atoms with E-state index in [-0.39, 0.29) is 41.1 Å². The van der Waals surface area contributed by atoms with E-state index < -0.39 is 34.9 Å². The van der Waals surface area contributed by atoms with Crippen LogP contribution in [0.15, 0.2) is 54.9 Å². The summed E-state index contributed by atoms with van der Waals surface area (Å²) in [5.41, 5.74) is 10.3. The van der Waals surface area contributed by atoms with Crippen LogP contribution in [0, 0.1) is 15.7 Å². The topological polar surface area (TPSA) is 316 Å². The first kappa shape index (κ1) is 92.3. The van der Waals surface area contributed by atoms with Crippen molar-refractivity contribution >= 4 is 223 Å². The van der Waals surface area contributed by atoms with E-state index in [9.17, 15) is 28.8 Å². The third-order valence-corrected chi connectivity index (χ3v) is 7.15. The number of ketones is 1. The first-order valence-corrected chi connectivity index (χ1v) is 31.1. The van der Waals surface area contributed by atoms with Crippen molar-refractivity contribution in [2.24, 2.45) is 11.5 Å². The summed E-state index contributed by atoms with van der Waals surface area (Å²) in [6.45, 7) is 9.02. The number of unbranched alkanes of at least 4 members (excludes halogenated alkanes) is 3. The van der Waals surface area contributed by atoms with Crippen LogP contribution in [-0.2, 0) is 66.2 Å². The molecule has 1 radical (unpaired) electrons. The number of anilines is 1. The maximum atomic E-state index is 11.1. The van der Waals surface area contributed by atoms with E-state index in [4.69, 9.17) is 31.8 Å². The number of rotatable bonds is 16. The predicted octanol–water partition coefficient (Wildman–Crippen LogP) is 9.92. The number of alkyl halides is 5. The van der Waals surface area contributed by atoms with Crippen molar-refractivity contribution in [2.45, 2.75) is 51.0 Å². The van der Waals surface area contributed by atoms with Gasteiger partial charge in [-0.3, -0.25) is 25.3 Å². The average molecular weight is 1820 g/mol. The fourth-order valence-electron chi connectivity index (χ4n) is 2.61. The Bertz CT molecular complexity index is 1790. The monoisotopic (exact) mass is 1820 g/mol. The summed E-state index contributed by atoms with van der Waals surface area (Å²) in [5.74, 6) is -2.92. The minimum atomic E-state index is -1.09. The number of carbonyl (C=O) groups is 6. The van der Waals surface area contributed by atoms with Crippen LogP contribution < -0.4 is 16.4 Å². The van der Waals surface area contributed by atoms with Crippen molar-refractivity contribution in [3.63, 3.8) is 0 Å². The predicted molar refractivity (Wildman–Crippen MR) is 348 cm³/mol. The Morgan fingerprint density at radius 3 is 1.50 bits per heavy atom. The molecule has 74 heavy (non-hydrogen) atoms. The quantitative estimate of drug-likeness (QED) is 0.00963. The van der Waals surface area contributed by atoms with E-state index in [2.05, 4.69) is 189 Å². The van der Waals surface area contributed by atoms with Gasteiger partial charge in [0, 0.05) is 65.2 Å². The van der Waals surface area contributed by atoms with Crippen molar-refractivity contribution in [2.75, 3.05) is 89.7 Å². The number of halogens is 7. The fourth-order valence-corrected chi connectivity index (χ4v) is 3.05. The minimum absolute atomic E-state index is 0. The van der Waals surface area contributed by atoms with Gasteiger partial charge in [0.15, 0.2) is 27.7 Å². The summed E-state index contributed by atoms with van der Waals surface area (Å²) in [6, 6.07) is 3.03. The summed E-state index contributed by atoms with van der Waals surface area (Å²) in [5, 5.41) is 12.8. The van der Waals surface area contributed by atoms with Crippen LogP contribution in [0.25, 0.3) is 0 Å². The van der Waals surface area contributed by atoms with Crippen LogP contribution >= 0.6 is 171 Å². The molecule has 0 saturated carbocycles. The molecule has 6 N–H and O–H groups in total. The van der Waals surface area contributed by atoms with Crippen LogP contribution in [0.4, 0.5) is 5.95 Å². The molecule has 0 aliphatic carbocycles. The number of nitrogens with two attached hydrogens (primary N) is 2. The van der Waals surface area contributed by atoms with Gasteiger partial charge in [-0.1, -0.05) is 176 Å². The Labute approximate surface area is 545 Å². The zero-order valence-corrected chi connectivity index (χ0v) is 60.1. The molecule has 22 nitrogen and oxygen atoms in total. The van der Waals surface area contributed by atoms with Gasteiger partial charge in [0.1, 0.15) is -0.0619 Å². The Morgan fingerprint density at radius 1 is 0.784 bits per heavy atom. The Morgan fingerprint density at radius 2 is 1.19 bits per heavy atom. The van der Waals surface area contributed by atoms with Gasteiger partial charge >= 0.3 is 29.1 Å². The van der Waals surface area contributed by atoms with Gasteiger partial charge in [-0.2, -0.15) is 0 Å². The van der Waals surface area contributed by atoms with Gasteiger partial charge in [0.05, 0.1) is 56.6 Å².